The standard InChI is InChI=1S/C21H13ClFN5/c22-17-11-10-16-20(25-17)19(14-8-4-5-9-15(14)23)24-12-18-26-27-21(28(16)18)13-6-2-1-3-7-13/h1-11H,12H2. The van der Waals surface area contributed by atoms with E-state index in [0.29, 0.717) is 39.5 Å². The Bertz CT molecular complexity index is 1220. The molecule has 0 spiro atoms. The minimum Gasteiger partial charge on any atom is -0.275 e. The lowest BCUT2D eigenvalue weighted by Crippen LogP contribution is -2.12. The maximum Gasteiger partial charge on any atom is 0.168 e. The molecule has 0 bridgehead atoms. The maximum absolute atomic E-state index is 14.5. The van der Waals surface area contributed by atoms with Crippen molar-refractivity contribution in [3.8, 4) is 17.1 Å². The molecule has 0 amide bonds. The van der Waals surface area contributed by atoms with Gasteiger partial charge in [0, 0.05) is 11.1 Å². The van der Waals surface area contributed by atoms with Gasteiger partial charge in [0.2, 0.25) is 0 Å². The molecular formula is C21H13ClFN5. The van der Waals surface area contributed by atoms with E-state index in [-0.39, 0.29) is 12.4 Å². The zero-order valence-corrected chi connectivity index (χ0v) is 15.3. The largest absolute Gasteiger partial charge is 0.275 e. The summed E-state index contributed by atoms with van der Waals surface area (Å²) in [6.07, 6.45) is 0. The minimum atomic E-state index is -0.366. The zero-order valence-electron chi connectivity index (χ0n) is 14.5. The fraction of sp³-hybridized carbons (Fsp3) is 0.0476. The van der Waals surface area contributed by atoms with Crippen molar-refractivity contribution in [1.29, 1.82) is 0 Å². The average Bonchev–Trinajstić information content (AvgIpc) is 3.07. The normalized spacial score (nSPS) is 12.7. The van der Waals surface area contributed by atoms with Crippen molar-refractivity contribution in [2.75, 3.05) is 0 Å². The number of rotatable bonds is 2. The number of pyridine rings is 1. The van der Waals surface area contributed by atoms with Gasteiger partial charge in [0.15, 0.2) is 11.6 Å². The summed E-state index contributed by atoms with van der Waals surface area (Å²) in [5.41, 5.74) is 2.94. The average molecular weight is 390 g/mol. The summed E-state index contributed by atoms with van der Waals surface area (Å²) in [6, 6.07) is 19.8. The van der Waals surface area contributed by atoms with Crippen LogP contribution in [0.15, 0.2) is 71.7 Å². The van der Waals surface area contributed by atoms with Crippen LogP contribution >= 0.6 is 11.6 Å². The van der Waals surface area contributed by atoms with Gasteiger partial charge in [-0.1, -0.05) is 54.1 Å². The minimum absolute atomic E-state index is 0.248. The number of hydrogen-bond donors (Lipinski definition) is 0. The number of halogens is 2. The number of fused-ring (bicyclic) bond motifs is 3. The predicted octanol–water partition coefficient (Wildman–Crippen LogP) is 4.47. The van der Waals surface area contributed by atoms with E-state index in [4.69, 9.17) is 11.6 Å². The summed E-state index contributed by atoms with van der Waals surface area (Å²) < 4.78 is 16.4. The van der Waals surface area contributed by atoms with Gasteiger partial charge in [-0.25, -0.2) is 9.37 Å². The van der Waals surface area contributed by atoms with E-state index in [9.17, 15) is 4.39 Å². The van der Waals surface area contributed by atoms with Crippen LogP contribution in [0.3, 0.4) is 0 Å². The Labute approximate surface area is 165 Å². The zero-order chi connectivity index (χ0) is 19.1. The summed E-state index contributed by atoms with van der Waals surface area (Å²) in [4.78, 5) is 9.09. The van der Waals surface area contributed by atoms with Crippen LogP contribution in [0.1, 0.15) is 17.1 Å². The first kappa shape index (κ1) is 16.8. The first-order valence-electron chi connectivity index (χ1n) is 8.69. The van der Waals surface area contributed by atoms with Crippen molar-refractivity contribution in [1.82, 2.24) is 19.7 Å². The third kappa shape index (κ3) is 2.70. The highest BCUT2D eigenvalue weighted by molar-refractivity contribution is 6.30. The maximum atomic E-state index is 14.5. The summed E-state index contributed by atoms with van der Waals surface area (Å²) in [5.74, 6) is 0.955. The third-order valence-electron chi connectivity index (χ3n) is 4.57. The fourth-order valence-electron chi connectivity index (χ4n) is 3.32. The smallest absolute Gasteiger partial charge is 0.168 e. The first-order valence-corrected chi connectivity index (χ1v) is 9.06. The Kier molecular flexibility index (Phi) is 3.98. The van der Waals surface area contributed by atoms with Crippen LogP contribution in [0.2, 0.25) is 5.15 Å². The molecule has 28 heavy (non-hydrogen) atoms. The molecule has 1 aliphatic rings. The van der Waals surface area contributed by atoms with Gasteiger partial charge in [0.1, 0.15) is 23.2 Å². The van der Waals surface area contributed by atoms with Crippen LogP contribution in [0.25, 0.3) is 17.1 Å². The van der Waals surface area contributed by atoms with Crippen LogP contribution in [0.4, 0.5) is 4.39 Å². The summed E-state index contributed by atoms with van der Waals surface area (Å²) in [5, 5.41) is 8.98. The number of benzene rings is 2. The molecule has 4 aromatic rings. The Morgan fingerprint density at radius 3 is 2.50 bits per heavy atom. The highest BCUT2D eigenvalue weighted by Gasteiger charge is 2.26. The van der Waals surface area contributed by atoms with Gasteiger partial charge in [-0.05, 0) is 24.3 Å². The van der Waals surface area contributed by atoms with E-state index >= 15 is 0 Å². The lowest BCUT2D eigenvalue weighted by Gasteiger charge is -2.13. The van der Waals surface area contributed by atoms with Crippen molar-refractivity contribution in [2.24, 2.45) is 4.99 Å². The molecule has 1 aliphatic heterocycles. The quantitative estimate of drug-likeness (QED) is 0.475. The SMILES string of the molecule is Fc1ccccc1C1=NCc2nnc(-c3ccccc3)n2-c2ccc(Cl)nc21. The van der Waals surface area contributed by atoms with Crippen LogP contribution in [0, 0.1) is 5.82 Å². The van der Waals surface area contributed by atoms with E-state index in [1.54, 1.807) is 24.3 Å². The molecule has 0 aliphatic carbocycles. The molecule has 0 saturated heterocycles. The Morgan fingerprint density at radius 1 is 0.893 bits per heavy atom. The molecule has 0 atom stereocenters. The summed E-state index contributed by atoms with van der Waals surface area (Å²) in [7, 11) is 0. The number of nitrogens with zero attached hydrogens (tertiary/aromatic N) is 5. The van der Waals surface area contributed by atoms with Gasteiger partial charge in [0.25, 0.3) is 0 Å². The number of aliphatic imine (C=N–C) groups is 1. The summed E-state index contributed by atoms with van der Waals surface area (Å²) in [6.45, 7) is 0.248. The van der Waals surface area contributed by atoms with Gasteiger partial charge in [-0.15, -0.1) is 10.2 Å². The van der Waals surface area contributed by atoms with Gasteiger partial charge < -0.3 is 0 Å². The highest BCUT2D eigenvalue weighted by Crippen LogP contribution is 2.30. The van der Waals surface area contributed by atoms with E-state index < -0.39 is 0 Å². The molecule has 5 nitrogen and oxygen atoms in total. The fourth-order valence-corrected chi connectivity index (χ4v) is 3.47. The highest BCUT2D eigenvalue weighted by atomic mass is 35.5. The van der Waals surface area contributed by atoms with Crippen molar-refractivity contribution in [3.63, 3.8) is 0 Å². The molecule has 5 rings (SSSR count). The van der Waals surface area contributed by atoms with E-state index in [2.05, 4.69) is 20.2 Å². The van der Waals surface area contributed by atoms with Crippen LogP contribution in [-0.4, -0.2) is 25.5 Å². The van der Waals surface area contributed by atoms with Gasteiger partial charge in [0.05, 0.1) is 11.4 Å². The van der Waals surface area contributed by atoms with Crippen molar-refractivity contribution in [2.45, 2.75) is 6.54 Å². The van der Waals surface area contributed by atoms with Crippen molar-refractivity contribution >= 4 is 17.3 Å². The van der Waals surface area contributed by atoms with E-state index in [1.165, 1.54) is 6.07 Å². The van der Waals surface area contributed by atoms with Crippen LogP contribution in [0.5, 0.6) is 0 Å². The lowest BCUT2D eigenvalue weighted by molar-refractivity contribution is 0.625. The molecule has 3 heterocycles. The van der Waals surface area contributed by atoms with Gasteiger partial charge >= 0.3 is 0 Å². The molecule has 2 aromatic heterocycles. The Hall–Kier alpha value is -3.38. The van der Waals surface area contributed by atoms with E-state index in [1.807, 2.05) is 41.0 Å². The van der Waals surface area contributed by atoms with Gasteiger partial charge in [-0.2, -0.15) is 0 Å². The van der Waals surface area contributed by atoms with Crippen LogP contribution in [-0.2, 0) is 6.54 Å². The Morgan fingerprint density at radius 2 is 1.68 bits per heavy atom. The molecule has 0 radical (unpaired) electrons. The second-order valence-electron chi connectivity index (χ2n) is 6.29. The number of hydrogen-bond acceptors (Lipinski definition) is 4. The molecule has 136 valence electrons. The molecule has 0 N–H and O–H groups in total. The molecule has 7 heteroatoms. The van der Waals surface area contributed by atoms with Gasteiger partial charge in [-0.3, -0.25) is 9.56 Å². The molecular weight excluding hydrogens is 377 g/mol. The summed E-state index contributed by atoms with van der Waals surface area (Å²) >= 11 is 6.18. The topological polar surface area (TPSA) is 56.0 Å². The molecule has 0 unspecified atom stereocenters. The lowest BCUT2D eigenvalue weighted by atomic mass is 10.0. The Balaban J connectivity index is 1.78. The molecule has 2 aromatic carbocycles. The monoisotopic (exact) mass is 389 g/mol. The molecule has 0 saturated carbocycles. The molecule has 0 fully saturated rings. The van der Waals surface area contributed by atoms with Crippen molar-refractivity contribution in [3.05, 3.63) is 94.8 Å². The first-order chi connectivity index (χ1) is 13.7. The second kappa shape index (κ2) is 6.65. The van der Waals surface area contributed by atoms with Crippen molar-refractivity contribution < 1.29 is 4.39 Å². The third-order valence-corrected chi connectivity index (χ3v) is 4.79. The van der Waals surface area contributed by atoms with E-state index in [0.717, 1.165) is 5.56 Å². The predicted molar refractivity (Wildman–Crippen MR) is 105 cm³/mol. The van der Waals surface area contributed by atoms with Crippen LogP contribution < -0.4 is 0 Å². The number of aromatic nitrogens is 4. The second-order valence-corrected chi connectivity index (χ2v) is 6.67.